The smallest absolute Gasteiger partial charge is 0.252 e. The van der Waals surface area contributed by atoms with Crippen molar-refractivity contribution in [3.05, 3.63) is 28.0 Å². The van der Waals surface area contributed by atoms with E-state index in [1.165, 1.54) is 12.3 Å². The summed E-state index contributed by atoms with van der Waals surface area (Å²) in [5, 5.41) is 3.40. The molecule has 0 bridgehead atoms. The van der Waals surface area contributed by atoms with Crippen molar-refractivity contribution in [1.82, 2.24) is 10.3 Å². The van der Waals surface area contributed by atoms with E-state index >= 15 is 0 Å². The van der Waals surface area contributed by atoms with E-state index in [0.29, 0.717) is 29.7 Å². The van der Waals surface area contributed by atoms with E-state index in [1.54, 1.807) is 0 Å². The van der Waals surface area contributed by atoms with Crippen LogP contribution in [0.4, 0.5) is 0 Å². The zero-order valence-corrected chi connectivity index (χ0v) is 11.3. The molecule has 1 atom stereocenters. The van der Waals surface area contributed by atoms with Gasteiger partial charge in [0.2, 0.25) is 0 Å². The first kappa shape index (κ1) is 13.6. The van der Waals surface area contributed by atoms with Gasteiger partial charge in [-0.2, -0.15) is 0 Å². The molecule has 1 unspecified atom stereocenters. The van der Waals surface area contributed by atoms with Gasteiger partial charge < -0.3 is 10.1 Å². The number of hydrogen-bond donors (Lipinski definition) is 1. The minimum atomic E-state index is -0.227. The summed E-state index contributed by atoms with van der Waals surface area (Å²) in [6.07, 6.45) is 3.50. The molecule has 1 N–H and O–H groups in total. The highest BCUT2D eigenvalue weighted by Gasteiger charge is 2.17. The van der Waals surface area contributed by atoms with Crippen LogP contribution in [0.5, 0.6) is 0 Å². The van der Waals surface area contributed by atoms with Gasteiger partial charge in [0, 0.05) is 19.3 Å². The molecular formula is C12H14Cl2N2O2. The van der Waals surface area contributed by atoms with E-state index in [9.17, 15) is 4.79 Å². The van der Waals surface area contributed by atoms with E-state index in [-0.39, 0.29) is 11.1 Å². The van der Waals surface area contributed by atoms with Crippen LogP contribution in [0.2, 0.25) is 10.2 Å². The van der Waals surface area contributed by atoms with Gasteiger partial charge in [-0.3, -0.25) is 4.79 Å². The Hall–Kier alpha value is -0.840. The van der Waals surface area contributed by atoms with Gasteiger partial charge in [-0.15, -0.1) is 0 Å². The largest absolute Gasteiger partial charge is 0.381 e. The minimum Gasteiger partial charge on any atom is -0.381 e. The molecule has 1 aromatic heterocycles. The van der Waals surface area contributed by atoms with Crippen molar-refractivity contribution in [3.63, 3.8) is 0 Å². The fourth-order valence-corrected chi connectivity index (χ4v) is 2.23. The Labute approximate surface area is 116 Å². The Bertz CT molecular complexity index is 434. The molecule has 1 fully saturated rings. The van der Waals surface area contributed by atoms with Gasteiger partial charge in [0.25, 0.3) is 5.91 Å². The number of amides is 1. The molecule has 0 spiro atoms. The van der Waals surface area contributed by atoms with Crippen LogP contribution in [0.3, 0.4) is 0 Å². The van der Waals surface area contributed by atoms with Crippen molar-refractivity contribution in [2.45, 2.75) is 12.8 Å². The second-order valence-corrected chi connectivity index (χ2v) is 5.07. The monoisotopic (exact) mass is 288 g/mol. The molecule has 1 aromatic rings. The van der Waals surface area contributed by atoms with Crippen molar-refractivity contribution in [2.24, 2.45) is 5.92 Å². The van der Waals surface area contributed by atoms with E-state index in [4.69, 9.17) is 27.9 Å². The lowest BCUT2D eigenvalue weighted by molar-refractivity contribution is 0.0536. The Balaban J connectivity index is 1.92. The molecular weight excluding hydrogens is 275 g/mol. The molecule has 2 heterocycles. The fraction of sp³-hybridized carbons (Fsp3) is 0.500. The van der Waals surface area contributed by atoms with E-state index < -0.39 is 0 Å². The predicted octanol–water partition coefficient (Wildman–Crippen LogP) is 2.54. The molecule has 1 aliphatic heterocycles. The first-order valence-corrected chi connectivity index (χ1v) is 6.59. The van der Waals surface area contributed by atoms with Gasteiger partial charge in [0.05, 0.1) is 17.2 Å². The number of rotatable bonds is 3. The van der Waals surface area contributed by atoms with Crippen molar-refractivity contribution in [1.29, 1.82) is 0 Å². The van der Waals surface area contributed by atoms with Crippen LogP contribution in [-0.2, 0) is 4.74 Å². The number of ether oxygens (including phenoxy) is 1. The van der Waals surface area contributed by atoms with Crippen LogP contribution < -0.4 is 5.32 Å². The standard InChI is InChI=1S/C12H14Cl2N2O2/c13-10-6-15-11(14)4-9(10)12(17)16-5-8-2-1-3-18-7-8/h4,6,8H,1-3,5,7H2,(H,16,17). The number of aromatic nitrogens is 1. The molecule has 0 saturated carbocycles. The van der Waals surface area contributed by atoms with Crippen LogP contribution in [0.15, 0.2) is 12.3 Å². The van der Waals surface area contributed by atoms with Gasteiger partial charge in [-0.25, -0.2) is 4.98 Å². The maximum absolute atomic E-state index is 11.9. The Kier molecular flexibility index (Phi) is 4.80. The molecule has 1 aliphatic rings. The van der Waals surface area contributed by atoms with Gasteiger partial charge in [0.15, 0.2) is 0 Å². The summed E-state index contributed by atoms with van der Waals surface area (Å²) in [5.41, 5.74) is 0.355. The molecule has 6 heteroatoms. The summed E-state index contributed by atoms with van der Waals surface area (Å²) in [6, 6.07) is 1.47. The number of nitrogens with zero attached hydrogens (tertiary/aromatic N) is 1. The van der Waals surface area contributed by atoms with Crippen LogP contribution in [0, 0.1) is 5.92 Å². The highest BCUT2D eigenvalue weighted by Crippen LogP contribution is 2.18. The van der Waals surface area contributed by atoms with Gasteiger partial charge in [-0.1, -0.05) is 23.2 Å². The zero-order valence-electron chi connectivity index (χ0n) is 9.79. The van der Waals surface area contributed by atoms with E-state index in [2.05, 4.69) is 10.3 Å². The number of hydrogen-bond acceptors (Lipinski definition) is 3. The maximum Gasteiger partial charge on any atom is 0.252 e. The lowest BCUT2D eigenvalue weighted by Crippen LogP contribution is -2.33. The zero-order chi connectivity index (χ0) is 13.0. The lowest BCUT2D eigenvalue weighted by Gasteiger charge is -2.22. The number of nitrogens with one attached hydrogen (secondary N) is 1. The molecule has 1 amide bonds. The summed E-state index contributed by atoms with van der Waals surface area (Å²) in [4.78, 5) is 15.7. The predicted molar refractivity (Wildman–Crippen MR) is 70.1 cm³/mol. The quantitative estimate of drug-likeness (QED) is 0.870. The third-order valence-electron chi connectivity index (χ3n) is 2.87. The summed E-state index contributed by atoms with van der Waals surface area (Å²) < 4.78 is 5.35. The highest BCUT2D eigenvalue weighted by molar-refractivity contribution is 6.35. The van der Waals surface area contributed by atoms with Gasteiger partial charge in [-0.05, 0) is 24.8 Å². The second-order valence-electron chi connectivity index (χ2n) is 4.28. The maximum atomic E-state index is 11.9. The number of pyridine rings is 1. The SMILES string of the molecule is O=C(NCC1CCCOC1)c1cc(Cl)ncc1Cl. The first-order valence-electron chi connectivity index (χ1n) is 5.84. The average Bonchev–Trinajstić information content (AvgIpc) is 2.40. The van der Waals surface area contributed by atoms with E-state index in [1.807, 2.05) is 0 Å². The first-order chi connectivity index (χ1) is 8.66. The number of halogens is 2. The molecule has 1 saturated heterocycles. The van der Waals surface area contributed by atoms with Crippen LogP contribution >= 0.6 is 23.2 Å². The summed E-state index contributed by atoms with van der Waals surface area (Å²) >= 11 is 11.6. The normalized spacial score (nSPS) is 19.6. The Morgan fingerprint density at radius 1 is 1.56 bits per heavy atom. The third kappa shape index (κ3) is 3.57. The van der Waals surface area contributed by atoms with Gasteiger partial charge >= 0.3 is 0 Å². The highest BCUT2D eigenvalue weighted by atomic mass is 35.5. The van der Waals surface area contributed by atoms with Crippen LogP contribution in [-0.4, -0.2) is 30.6 Å². The average molecular weight is 289 g/mol. The third-order valence-corrected chi connectivity index (χ3v) is 3.38. The summed E-state index contributed by atoms with van der Waals surface area (Å²) in [5.74, 6) is 0.147. The molecule has 4 nitrogen and oxygen atoms in total. The number of carbonyl (C=O) groups is 1. The van der Waals surface area contributed by atoms with Crippen molar-refractivity contribution >= 4 is 29.1 Å². The van der Waals surface area contributed by atoms with Crippen molar-refractivity contribution in [3.8, 4) is 0 Å². The fourth-order valence-electron chi connectivity index (χ4n) is 1.89. The topological polar surface area (TPSA) is 51.2 Å². The molecule has 18 heavy (non-hydrogen) atoms. The van der Waals surface area contributed by atoms with Gasteiger partial charge in [0.1, 0.15) is 5.15 Å². The summed E-state index contributed by atoms with van der Waals surface area (Å²) in [7, 11) is 0. The Morgan fingerprint density at radius 2 is 2.39 bits per heavy atom. The van der Waals surface area contributed by atoms with Crippen LogP contribution in [0.1, 0.15) is 23.2 Å². The van der Waals surface area contributed by atoms with Crippen molar-refractivity contribution in [2.75, 3.05) is 19.8 Å². The molecule has 0 aliphatic carbocycles. The van der Waals surface area contributed by atoms with Crippen LogP contribution in [0.25, 0.3) is 0 Å². The molecule has 0 radical (unpaired) electrons. The van der Waals surface area contributed by atoms with Crippen molar-refractivity contribution < 1.29 is 9.53 Å². The molecule has 98 valence electrons. The second kappa shape index (κ2) is 6.36. The lowest BCUT2D eigenvalue weighted by atomic mass is 10.0. The Morgan fingerprint density at radius 3 is 3.11 bits per heavy atom. The minimum absolute atomic E-state index is 0.227. The molecule has 0 aromatic carbocycles. The molecule has 2 rings (SSSR count). The van der Waals surface area contributed by atoms with E-state index in [0.717, 1.165) is 19.4 Å². The summed E-state index contributed by atoms with van der Waals surface area (Å²) in [6.45, 7) is 2.11. The number of carbonyl (C=O) groups excluding carboxylic acids is 1.